The van der Waals surface area contributed by atoms with Crippen LogP contribution in [0.25, 0.3) is 0 Å². The Morgan fingerprint density at radius 3 is 2.24 bits per heavy atom. The Kier molecular flexibility index (Phi) is 12.0. The first-order valence-corrected chi connectivity index (χ1v) is 17.2. The van der Waals surface area contributed by atoms with Gasteiger partial charge in [0.25, 0.3) is 5.91 Å². The van der Waals surface area contributed by atoms with Crippen molar-refractivity contribution in [1.29, 1.82) is 0 Å². The van der Waals surface area contributed by atoms with E-state index in [1.165, 1.54) is 45.6 Å². The van der Waals surface area contributed by atoms with Crippen molar-refractivity contribution in [1.82, 2.24) is 14.6 Å². The van der Waals surface area contributed by atoms with E-state index in [9.17, 15) is 36.0 Å². The molecular weight excluding hydrogens is 703 g/mol. The van der Waals surface area contributed by atoms with Crippen molar-refractivity contribution in [2.75, 3.05) is 48.3 Å². The highest BCUT2D eigenvalue weighted by Crippen LogP contribution is 2.33. The predicted octanol–water partition coefficient (Wildman–Crippen LogP) is 4.70. The van der Waals surface area contributed by atoms with Crippen LogP contribution in [0.2, 0.25) is 5.15 Å². The van der Waals surface area contributed by atoms with Gasteiger partial charge in [0.1, 0.15) is 16.6 Å². The summed E-state index contributed by atoms with van der Waals surface area (Å²) in [5.74, 6) is -1.05. The fourth-order valence-electron chi connectivity index (χ4n) is 4.78. The molecule has 1 saturated heterocycles. The predicted molar refractivity (Wildman–Crippen MR) is 182 cm³/mol. The van der Waals surface area contributed by atoms with Crippen LogP contribution in [0.3, 0.4) is 0 Å². The fraction of sp³-hybridized carbons (Fsp3) is 0.375. The number of amides is 3. The van der Waals surface area contributed by atoms with Crippen molar-refractivity contribution in [2.45, 2.75) is 49.9 Å². The molecule has 1 aromatic heterocycles. The number of aromatic nitrogens is 1. The van der Waals surface area contributed by atoms with E-state index in [1.807, 2.05) is 0 Å². The van der Waals surface area contributed by atoms with Crippen LogP contribution >= 0.6 is 11.6 Å². The summed E-state index contributed by atoms with van der Waals surface area (Å²) in [6, 6.07) is 12.3. The van der Waals surface area contributed by atoms with E-state index in [0.29, 0.717) is 11.4 Å². The van der Waals surface area contributed by atoms with Gasteiger partial charge in [0.2, 0.25) is 15.9 Å². The lowest BCUT2D eigenvalue weighted by molar-refractivity contribution is -0.137. The number of ether oxygens (including phenoxy) is 1. The van der Waals surface area contributed by atoms with Crippen LogP contribution in [0.1, 0.15) is 43.1 Å². The van der Waals surface area contributed by atoms with Crippen molar-refractivity contribution in [3.05, 3.63) is 76.9 Å². The molecule has 0 radical (unpaired) electrons. The van der Waals surface area contributed by atoms with Gasteiger partial charge < -0.3 is 31.3 Å². The van der Waals surface area contributed by atoms with Gasteiger partial charge >= 0.3 is 12.3 Å². The Labute approximate surface area is 292 Å². The van der Waals surface area contributed by atoms with Gasteiger partial charge in [-0.05, 0) is 81.8 Å². The molecule has 1 aliphatic rings. The number of hydrogen-bond donors (Lipinski definition) is 4. The SMILES string of the molecule is CC(C)(C)OC(=O)NCCC(N)C(=O)Nc1cccc(C(=O)Nc2ccc(S(=O)(=O)N3CCN(c4cc(C(F)(F)F)cc(Cl)n4)CC3)cc2)c1. The molecule has 1 aliphatic heterocycles. The summed E-state index contributed by atoms with van der Waals surface area (Å²) in [7, 11) is -3.96. The third-order valence-electron chi connectivity index (χ3n) is 7.27. The average Bonchev–Trinajstić information content (AvgIpc) is 3.03. The van der Waals surface area contributed by atoms with E-state index >= 15 is 0 Å². The molecule has 0 bridgehead atoms. The van der Waals surface area contributed by atoms with Gasteiger partial charge in [-0.1, -0.05) is 17.7 Å². The smallest absolute Gasteiger partial charge is 0.416 e. The third kappa shape index (κ3) is 10.5. The fourth-order valence-corrected chi connectivity index (χ4v) is 6.40. The number of carbonyl (C=O) groups is 3. The largest absolute Gasteiger partial charge is 0.444 e. The lowest BCUT2D eigenvalue weighted by atomic mass is 10.1. The van der Waals surface area contributed by atoms with Gasteiger partial charge in [0, 0.05) is 49.7 Å². The number of hydrogen-bond acceptors (Lipinski definition) is 9. The van der Waals surface area contributed by atoms with Crippen molar-refractivity contribution in [3.63, 3.8) is 0 Å². The van der Waals surface area contributed by atoms with Gasteiger partial charge in [0.05, 0.1) is 16.5 Å². The molecule has 1 fully saturated rings. The summed E-state index contributed by atoms with van der Waals surface area (Å²) in [5, 5.41) is 7.53. The maximum Gasteiger partial charge on any atom is 0.416 e. The zero-order chi connectivity index (χ0) is 36.9. The summed E-state index contributed by atoms with van der Waals surface area (Å²) < 4.78 is 72.6. The van der Waals surface area contributed by atoms with Gasteiger partial charge in [-0.15, -0.1) is 0 Å². The minimum absolute atomic E-state index is 0.00286. The average molecular weight is 740 g/mol. The maximum atomic E-state index is 13.3. The minimum Gasteiger partial charge on any atom is -0.444 e. The molecule has 270 valence electrons. The molecule has 0 saturated carbocycles. The Morgan fingerprint density at radius 1 is 0.960 bits per heavy atom. The summed E-state index contributed by atoms with van der Waals surface area (Å²) >= 11 is 5.80. The summed E-state index contributed by atoms with van der Waals surface area (Å²) in [5.41, 5.74) is 5.16. The molecule has 0 aliphatic carbocycles. The summed E-state index contributed by atoms with van der Waals surface area (Å²) in [6.07, 6.45) is -5.10. The summed E-state index contributed by atoms with van der Waals surface area (Å²) in [6.45, 7) is 5.47. The number of piperazine rings is 1. The molecule has 0 spiro atoms. The Bertz CT molecular complexity index is 1810. The van der Waals surface area contributed by atoms with E-state index in [-0.39, 0.29) is 60.6 Å². The minimum atomic E-state index is -4.61. The molecule has 13 nitrogen and oxygen atoms in total. The standard InChI is InChI=1S/C32H37ClF3N7O6S/c1-31(2,3)49-30(46)38-12-11-25(37)29(45)40-23-6-4-5-20(17-23)28(44)39-22-7-9-24(10-8-22)50(47,48)43-15-13-42(14-16-43)27-19-21(32(34,35)36)18-26(33)41-27/h4-10,17-19,25H,11-16,37H2,1-3H3,(H,38,46)(H,39,44)(H,40,45). The van der Waals surface area contributed by atoms with Crippen LogP contribution in [-0.4, -0.2) is 80.0 Å². The van der Waals surface area contributed by atoms with Crippen molar-refractivity contribution in [3.8, 4) is 0 Å². The quantitative estimate of drug-likeness (QED) is 0.215. The summed E-state index contributed by atoms with van der Waals surface area (Å²) in [4.78, 5) is 42.8. The van der Waals surface area contributed by atoms with E-state index < -0.39 is 51.3 Å². The van der Waals surface area contributed by atoms with Gasteiger partial charge in [-0.2, -0.15) is 17.5 Å². The van der Waals surface area contributed by atoms with Crippen LogP contribution in [0.15, 0.2) is 65.6 Å². The molecule has 2 aromatic carbocycles. The van der Waals surface area contributed by atoms with Crippen molar-refractivity contribution in [2.24, 2.45) is 5.73 Å². The Morgan fingerprint density at radius 2 is 1.62 bits per heavy atom. The lowest BCUT2D eigenvalue weighted by Crippen LogP contribution is -2.49. The van der Waals surface area contributed by atoms with Crippen LogP contribution < -0.4 is 26.6 Å². The molecule has 18 heteroatoms. The second-order valence-electron chi connectivity index (χ2n) is 12.3. The Balaban J connectivity index is 1.30. The lowest BCUT2D eigenvalue weighted by Gasteiger charge is -2.35. The number of rotatable bonds is 10. The second-order valence-corrected chi connectivity index (χ2v) is 14.6. The molecule has 3 amide bonds. The van der Waals surface area contributed by atoms with E-state index in [4.69, 9.17) is 22.1 Å². The van der Waals surface area contributed by atoms with E-state index in [0.717, 1.165) is 12.1 Å². The van der Waals surface area contributed by atoms with Gasteiger partial charge in [0.15, 0.2) is 0 Å². The molecule has 5 N–H and O–H groups in total. The molecular formula is C32H37ClF3N7O6S. The highest BCUT2D eigenvalue weighted by atomic mass is 35.5. The van der Waals surface area contributed by atoms with Gasteiger partial charge in [-0.3, -0.25) is 9.59 Å². The monoisotopic (exact) mass is 739 g/mol. The van der Waals surface area contributed by atoms with Crippen LogP contribution in [-0.2, 0) is 25.7 Å². The van der Waals surface area contributed by atoms with Gasteiger partial charge in [-0.25, -0.2) is 18.2 Å². The third-order valence-corrected chi connectivity index (χ3v) is 9.38. The zero-order valence-corrected chi connectivity index (χ0v) is 29.0. The van der Waals surface area contributed by atoms with Crippen molar-refractivity contribution >= 4 is 56.7 Å². The number of alkyl carbamates (subject to hydrolysis) is 1. The number of nitrogens with zero attached hydrogens (tertiary/aromatic N) is 3. The number of pyridine rings is 1. The van der Waals surface area contributed by atoms with Crippen LogP contribution in [0.5, 0.6) is 0 Å². The molecule has 3 aromatic rings. The molecule has 1 unspecified atom stereocenters. The highest BCUT2D eigenvalue weighted by molar-refractivity contribution is 7.89. The number of halogens is 4. The van der Waals surface area contributed by atoms with Crippen LogP contribution in [0, 0.1) is 0 Å². The first-order valence-electron chi connectivity index (χ1n) is 15.4. The number of benzene rings is 2. The normalized spacial score (nSPS) is 14.8. The highest BCUT2D eigenvalue weighted by Gasteiger charge is 2.34. The molecule has 1 atom stereocenters. The number of anilines is 3. The Hall–Kier alpha value is -4.45. The molecule has 4 rings (SSSR count). The second kappa shape index (κ2) is 15.6. The number of alkyl halides is 3. The topological polar surface area (TPSA) is 176 Å². The maximum absolute atomic E-state index is 13.3. The van der Waals surface area contributed by atoms with E-state index in [2.05, 4.69) is 20.9 Å². The van der Waals surface area contributed by atoms with Crippen molar-refractivity contribution < 1.29 is 40.7 Å². The van der Waals surface area contributed by atoms with Crippen LogP contribution in [0.4, 0.5) is 35.2 Å². The van der Waals surface area contributed by atoms with E-state index in [1.54, 1.807) is 32.9 Å². The number of nitrogens with one attached hydrogen (secondary N) is 3. The first-order chi connectivity index (χ1) is 23.3. The number of nitrogens with two attached hydrogens (primary N) is 1. The first kappa shape index (κ1) is 38.4. The molecule has 50 heavy (non-hydrogen) atoms. The zero-order valence-electron chi connectivity index (χ0n) is 27.4. The molecule has 2 heterocycles. The number of carbonyl (C=O) groups excluding carboxylic acids is 3. The number of sulfonamides is 1.